The Morgan fingerprint density at radius 1 is 1.33 bits per heavy atom. The van der Waals surface area contributed by atoms with E-state index in [1.807, 2.05) is 32.0 Å². The number of amides is 1. The lowest BCUT2D eigenvalue weighted by molar-refractivity contribution is 0.0921. The Morgan fingerprint density at radius 3 is 2.95 bits per heavy atom. The molecule has 2 heterocycles. The van der Waals surface area contributed by atoms with Crippen LogP contribution in [0.2, 0.25) is 0 Å². The number of nitrogens with one attached hydrogen (secondary N) is 1. The van der Waals surface area contributed by atoms with Gasteiger partial charge in [-0.15, -0.1) is 0 Å². The van der Waals surface area contributed by atoms with Gasteiger partial charge in [0.05, 0.1) is 5.69 Å². The summed E-state index contributed by atoms with van der Waals surface area (Å²) in [5, 5.41) is 2.82. The number of carbonyl (C=O) groups is 1. The number of hydrogen-bond donors (Lipinski definition) is 1. The zero-order valence-corrected chi connectivity index (χ0v) is 11.9. The van der Waals surface area contributed by atoms with Crippen LogP contribution in [0.15, 0.2) is 29.0 Å². The predicted octanol–water partition coefficient (Wildman–Crippen LogP) is 2.46. The molecule has 1 N–H and O–H groups in total. The van der Waals surface area contributed by atoms with E-state index in [-0.39, 0.29) is 24.4 Å². The first-order valence-electron chi connectivity index (χ1n) is 6.75. The minimum Gasteiger partial charge on any atom is -0.454 e. The Hall–Kier alpha value is -2.50. The van der Waals surface area contributed by atoms with Crippen LogP contribution in [0.1, 0.15) is 41.6 Å². The fourth-order valence-corrected chi connectivity index (χ4v) is 2.15. The SMILES string of the molecule is CC(C)c1ncoc1C(=O)NCc1ccc2c(c1)OCO2. The lowest BCUT2D eigenvalue weighted by atomic mass is 10.1. The largest absolute Gasteiger partial charge is 0.454 e. The van der Waals surface area contributed by atoms with Crippen molar-refractivity contribution in [3.63, 3.8) is 0 Å². The van der Waals surface area contributed by atoms with Crippen LogP contribution in [-0.2, 0) is 6.54 Å². The molecule has 0 unspecified atom stereocenters. The number of carbonyl (C=O) groups excluding carboxylic acids is 1. The second-order valence-electron chi connectivity index (χ2n) is 5.09. The summed E-state index contributed by atoms with van der Waals surface area (Å²) in [4.78, 5) is 16.2. The predicted molar refractivity (Wildman–Crippen MR) is 74.3 cm³/mol. The van der Waals surface area contributed by atoms with Crippen LogP contribution < -0.4 is 14.8 Å². The first-order chi connectivity index (χ1) is 10.1. The van der Waals surface area contributed by atoms with Crippen molar-refractivity contribution in [1.29, 1.82) is 0 Å². The highest BCUT2D eigenvalue weighted by atomic mass is 16.7. The van der Waals surface area contributed by atoms with Crippen LogP contribution in [0.25, 0.3) is 0 Å². The maximum Gasteiger partial charge on any atom is 0.289 e. The average molecular weight is 288 g/mol. The Balaban J connectivity index is 1.67. The topological polar surface area (TPSA) is 73.6 Å². The van der Waals surface area contributed by atoms with Crippen molar-refractivity contribution < 1.29 is 18.7 Å². The standard InChI is InChI=1S/C15H16N2O4/c1-9(2)13-14(19-7-17-13)15(18)16-6-10-3-4-11-12(5-10)21-8-20-11/h3-5,7,9H,6,8H2,1-2H3,(H,16,18). The zero-order chi connectivity index (χ0) is 14.8. The summed E-state index contributed by atoms with van der Waals surface area (Å²) >= 11 is 0. The number of benzene rings is 1. The van der Waals surface area contributed by atoms with E-state index in [2.05, 4.69) is 10.3 Å². The van der Waals surface area contributed by atoms with Crippen molar-refractivity contribution in [3.8, 4) is 11.5 Å². The molecule has 0 fully saturated rings. The highest BCUT2D eigenvalue weighted by Gasteiger charge is 2.19. The number of fused-ring (bicyclic) bond motifs is 1. The van der Waals surface area contributed by atoms with Crippen LogP contribution in [0.3, 0.4) is 0 Å². The lowest BCUT2D eigenvalue weighted by Gasteiger charge is -2.06. The molecule has 6 heteroatoms. The highest BCUT2D eigenvalue weighted by molar-refractivity contribution is 5.92. The molecular formula is C15H16N2O4. The maximum absolute atomic E-state index is 12.1. The number of ether oxygens (including phenoxy) is 2. The van der Waals surface area contributed by atoms with Crippen molar-refractivity contribution in [3.05, 3.63) is 41.6 Å². The van der Waals surface area contributed by atoms with Gasteiger partial charge in [-0.1, -0.05) is 19.9 Å². The second kappa shape index (κ2) is 5.47. The molecule has 1 aliphatic rings. The van der Waals surface area contributed by atoms with E-state index in [0.717, 1.165) is 11.3 Å². The van der Waals surface area contributed by atoms with Gasteiger partial charge in [-0.05, 0) is 23.6 Å². The van der Waals surface area contributed by atoms with E-state index in [9.17, 15) is 4.79 Å². The second-order valence-corrected chi connectivity index (χ2v) is 5.09. The van der Waals surface area contributed by atoms with Gasteiger partial charge in [0.2, 0.25) is 12.6 Å². The minimum atomic E-state index is -0.270. The number of oxazole rings is 1. The Kier molecular flexibility index (Phi) is 3.51. The van der Waals surface area contributed by atoms with Gasteiger partial charge >= 0.3 is 0 Å². The Morgan fingerprint density at radius 2 is 2.14 bits per heavy atom. The van der Waals surface area contributed by atoms with Crippen molar-refractivity contribution in [2.24, 2.45) is 0 Å². The molecule has 0 bridgehead atoms. The molecular weight excluding hydrogens is 272 g/mol. The van der Waals surface area contributed by atoms with Crippen LogP contribution in [0, 0.1) is 0 Å². The van der Waals surface area contributed by atoms with Crippen molar-refractivity contribution >= 4 is 5.91 Å². The molecule has 1 aromatic carbocycles. The lowest BCUT2D eigenvalue weighted by Crippen LogP contribution is -2.23. The van der Waals surface area contributed by atoms with Crippen LogP contribution in [0.5, 0.6) is 11.5 Å². The third-order valence-electron chi connectivity index (χ3n) is 3.24. The third-order valence-corrected chi connectivity index (χ3v) is 3.24. The van der Waals surface area contributed by atoms with E-state index in [1.54, 1.807) is 0 Å². The molecule has 21 heavy (non-hydrogen) atoms. The summed E-state index contributed by atoms with van der Waals surface area (Å²) < 4.78 is 15.7. The van der Waals surface area contributed by atoms with Crippen LogP contribution in [-0.4, -0.2) is 17.7 Å². The van der Waals surface area contributed by atoms with Crippen LogP contribution in [0.4, 0.5) is 0 Å². The Bertz CT molecular complexity index is 663. The van der Waals surface area contributed by atoms with Gasteiger partial charge in [-0.25, -0.2) is 4.98 Å². The summed E-state index contributed by atoms with van der Waals surface area (Å²) in [7, 11) is 0. The first kappa shape index (κ1) is 13.5. The number of aromatic nitrogens is 1. The van der Waals surface area contributed by atoms with Gasteiger partial charge < -0.3 is 19.2 Å². The van der Waals surface area contributed by atoms with Crippen molar-refractivity contribution in [1.82, 2.24) is 10.3 Å². The molecule has 0 saturated carbocycles. The molecule has 1 aromatic heterocycles. The van der Waals surface area contributed by atoms with Gasteiger partial charge in [0, 0.05) is 6.54 Å². The quantitative estimate of drug-likeness (QED) is 0.935. The van der Waals surface area contributed by atoms with E-state index in [4.69, 9.17) is 13.9 Å². The molecule has 3 rings (SSSR count). The number of hydrogen-bond acceptors (Lipinski definition) is 5. The molecule has 6 nitrogen and oxygen atoms in total. The minimum absolute atomic E-state index is 0.134. The maximum atomic E-state index is 12.1. The summed E-state index contributed by atoms with van der Waals surface area (Å²) in [6.45, 7) is 4.55. The summed E-state index contributed by atoms with van der Waals surface area (Å²) in [5.74, 6) is 1.56. The highest BCUT2D eigenvalue weighted by Crippen LogP contribution is 2.32. The molecule has 0 spiro atoms. The Labute approximate surface area is 122 Å². The van der Waals surface area contributed by atoms with Gasteiger partial charge in [-0.3, -0.25) is 4.79 Å². The van der Waals surface area contributed by atoms with E-state index >= 15 is 0 Å². The van der Waals surface area contributed by atoms with Gasteiger partial charge in [0.15, 0.2) is 17.9 Å². The van der Waals surface area contributed by atoms with Crippen molar-refractivity contribution in [2.45, 2.75) is 26.3 Å². The molecule has 0 atom stereocenters. The number of rotatable bonds is 4. The fraction of sp³-hybridized carbons (Fsp3) is 0.333. The molecule has 110 valence electrons. The molecule has 0 aliphatic carbocycles. The van der Waals surface area contributed by atoms with Gasteiger partial charge in [0.25, 0.3) is 5.91 Å². The molecule has 2 aromatic rings. The zero-order valence-electron chi connectivity index (χ0n) is 11.9. The summed E-state index contributed by atoms with van der Waals surface area (Å²) in [5.41, 5.74) is 1.59. The molecule has 1 aliphatic heterocycles. The van der Waals surface area contributed by atoms with E-state index < -0.39 is 0 Å². The normalized spacial score (nSPS) is 12.7. The molecule has 0 saturated heterocycles. The van der Waals surface area contributed by atoms with Gasteiger partial charge in [-0.2, -0.15) is 0 Å². The monoisotopic (exact) mass is 288 g/mol. The van der Waals surface area contributed by atoms with Crippen molar-refractivity contribution in [2.75, 3.05) is 6.79 Å². The van der Waals surface area contributed by atoms with E-state index in [0.29, 0.717) is 18.0 Å². The third kappa shape index (κ3) is 2.69. The van der Waals surface area contributed by atoms with Gasteiger partial charge in [0.1, 0.15) is 0 Å². The molecule has 1 amide bonds. The summed E-state index contributed by atoms with van der Waals surface area (Å²) in [6, 6.07) is 5.57. The summed E-state index contributed by atoms with van der Waals surface area (Å²) in [6.07, 6.45) is 1.30. The smallest absolute Gasteiger partial charge is 0.289 e. The molecule has 0 radical (unpaired) electrons. The van der Waals surface area contributed by atoms with Crippen LogP contribution >= 0.6 is 0 Å². The first-order valence-corrected chi connectivity index (χ1v) is 6.75. The number of nitrogens with zero attached hydrogens (tertiary/aromatic N) is 1. The fourth-order valence-electron chi connectivity index (χ4n) is 2.15. The average Bonchev–Trinajstić information content (AvgIpc) is 3.12. The van der Waals surface area contributed by atoms with E-state index in [1.165, 1.54) is 6.39 Å².